The van der Waals surface area contributed by atoms with Gasteiger partial charge in [-0.1, -0.05) is 46.3 Å². The first-order valence-electron chi connectivity index (χ1n) is 10.5. The van der Waals surface area contributed by atoms with Crippen LogP contribution in [0.3, 0.4) is 0 Å². The fourth-order valence-electron chi connectivity index (χ4n) is 4.57. The number of benzene rings is 2. The van der Waals surface area contributed by atoms with E-state index >= 15 is 0 Å². The molecular formula is C26H17Br3N2O3. The zero-order valence-corrected chi connectivity index (χ0v) is 22.4. The Bertz CT molecular complexity index is 1390. The molecule has 34 heavy (non-hydrogen) atoms. The molecule has 0 unspecified atom stereocenters. The predicted octanol–water partition coefficient (Wildman–Crippen LogP) is 7.44. The van der Waals surface area contributed by atoms with Crippen molar-refractivity contribution in [3.05, 3.63) is 102 Å². The predicted molar refractivity (Wildman–Crippen MR) is 138 cm³/mol. The Balaban J connectivity index is 1.58. The van der Waals surface area contributed by atoms with Crippen LogP contribution in [-0.4, -0.2) is 5.78 Å². The Hall–Kier alpha value is -2.60. The Morgan fingerprint density at radius 2 is 1.71 bits per heavy atom. The second kappa shape index (κ2) is 9.21. The first-order valence-corrected chi connectivity index (χ1v) is 12.9. The molecule has 5 nitrogen and oxygen atoms in total. The van der Waals surface area contributed by atoms with Gasteiger partial charge in [-0.05, 0) is 67.6 Å². The highest BCUT2D eigenvalue weighted by Crippen LogP contribution is 2.48. The molecule has 2 heterocycles. The zero-order valence-electron chi connectivity index (χ0n) is 17.6. The van der Waals surface area contributed by atoms with E-state index in [1.807, 2.05) is 48.5 Å². The lowest BCUT2D eigenvalue weighted by molar-refractivity contribution is -0.117. The van der Waals surface area contributed by atoms with Crippen molar-refractivity contribution in [1.82, 2.24) is 0 Å². The lowest BCUT2D eigenvalue weighted by Gasteiger charge is -2.33. The smallest absolute Gasteiger partial charge is 0.205 e. The molecule has 170 valence electrons. The summed E-state index contributed by atoms with van der Waals surface area (Å²) in [4.78, 5) is 13.4. The maximum atomic E-state index is 13.4. The van der Waals surface area contributed by atoms with Gasteiger partial charge in [0.25, 0.3) is 0 Å². The van der Waals surface area contributed by atoms with Crippen molar-refractivity contribution in [1.29, 1.82) is 5.26 Å². The van der Waals surface area contributed by atoms with Gasteiger partial charge in [0.05, 0.1) is 5.92 Å². The number of hydrogen-bond acceptors (Lipinski definition) is 5. The first-order chi connectivity index (χ1) is 16.4. The molecule has 0 saturated carbocycles. The lowest BCUT2D eigenvalue weighted by Crippen LogP contribution is -2.29. The van der Waals surface area contributed by atoms with Crippen molar-refractivity contribution in [2.45, 2.75) is 24.7 Å². The van der Waals surface area contributed by atoms with E-state index in [9.17, 15) is 10.1 Å². The number of ether oxygens (including phenoxy) is 1. The van der Waals surface area contributed by atoms with Crippen LogP contribution >= 0.6 is 47.8 Å². The lowest BCUT2D eigenvalue weighted by atomic mass is 9.75. The summed E-state index contributed by atoms with van der Waals surface area (Å²) in [6, 6.07) is 19.5. The van der Waals surface area contributed by atoms with Crippen LogP contribution in [-0.2, 0) is 9.53 Å². The fourth-order valence-corrected chi connectivity index (χ4v) is 7.22. The number of carbonyl (C=O) groups is 1. The molecule has 3 aromatic rings. The summed E-state index contributed by atoms with van der Waals surface area (Å²) in [5.74, 6) is 0.803. The number of halogens is 3. The molecule has 2 atom stereocenters. The molecule has 1 aliphatic carbocycles. The summed E-state index contributed by atoms with van der Waals surface area (Å²) in [7, 11) is 0. The summed E-state index contributed by atoms with van der Waals surface area (Å²) in [5, 5.41) is 9.88. The van der Waals surface area contributed by atoms with Gasteiger partial charge in [0.15, 0.2) is 5.78 Å². The molecule has 8 heteroatoms. The third-order valence-corrected chi connectivity index (χ3v) is 7.81. The fraction of sp³-hybridized carbons (Fsp3) is 0.154. The van der Waals surface area contributed by atoms with E-state index in [0.717, 1.165) is 24.5 Å². The number of Topliss-reactive ketones (excluding diaryl/α,β-unsaturated/α-hetero) is 1. The molecule has 1 aromatic heterocycles. The quantitative estimate of drug-likeness (QED) is 0.320. The minimum absolute atomic E-state index is 0.00799. The molecule has 1 aliphatic heterocycles. The van der Waals surface area contributed by atoms with Crippen LogP contribution in [0.1, 0.15) is 36.0 Å². The molecule has 2 N–H and O–H groups in total. The van der Waals surface area contributed by atoms with Crippen LogP contribution in [0, 0.1) is 11.3 Å². The third kappa shape index (κ3) is 4.06. The minimum Gasteiger partial charge on any atom is -0.460 e. The summed E-state index contributed by atoms with van der Waals surface area (Å²) in [6.45, 7) is 0. The molecule has 2 aromatic carbocycles. The number of nitrogens with two attached hydrogens (primary N) is 1. The first kappa shape index (κ1) is 23.2. The Morgan fingerprint density at radius 3 is 2.38 bits per heavy atom. The Kier molecular flexibility index (Phi) is 6.28. The van der Waals surface area contributed by atoms with Crippen LogP contribution in [0.2, 0.25) is 0 Å². The molecule has 0 saturated heterocycles. The normalized spacial score (nSPS) is 20.1. The number of allylic oxidation sites excluding steroid dienone is 3. The van der Waals surface area contributed by atoms with Gasteiger partial charge >= 0.3 is 0 Å². The highest BCUT2D eigenvalue weighted by molar-refractivity contribution is 9.11. The van der Waals surface area contributed by atoms with Crippen molar-refractivity contribution in [3.8, 4) is 17.4 Å². The van der Waals surface area contributed by atoms with Gasteiger partial charge in [-0.15, -0.1) is 0 Å². The van der Waals surface area contributed by atoms with Crippen LogP contribution in [0.5, 0.6) is 0 Å². The number of furan rings is 1. The zero-order chi connectivity index (χ0) is 24.0. The van der Waals surface area contributed by atoms with Gasteiger partial charge in [0.1, 0.15) is 28.9 Å². The van der Waals surface area contributed by atoms with E-state index in [1.165, 1.54) is 0 Å². The van der Waals surface area contributed by atoms with E-state index in [-0.39, 0.29) is 23.2 Å². The van der Waals surface area contributed by atoms with Crippen molar-refractivity contribution in [2.75, 3.05) is 0 Å². The van der Waals surface area contributed by atoms with Gasteiger partial charge in [-0.2, -0.15) is 5.26 Å². The number of rotatable bonds is 3. The van der Waals surface area contributed by atoms with Crippen LogP contribution in [0.15, 0.2) is 95.2 Å². The average Bonchev–Trinajstić information content (AvgIpc) is 3.27. The molecule has 0 bridgehead atoms. The maximum absolute atomic E-state index is 13.4. The molecule has 0 fully saturated rings. The van der Waals surface area contributed by atoms with E-state index in [2.05, 4.69) is 53.9 Å². The number of hydrogen-bond donors (Lipinski definition) is 1. The topological polar surface area (TPSA) is 89.3 Å². The molecule has 5 rings (SSSR count). The summed E-state index contributed by atoms with van der Waals surface area (Å²) in [6.07, 6.45) is 0.858. The van der Waals surface area contributed by atoms with Crippen LogP contribution in [0.25, 0.3) is 11.3 Å². The van der Waals surface area contributed by atoms with Gasteiger partial charge in [-0.25, -0.2) is 0 Å². The number of nitrogens with zero attached hydrogens (tertiary/aromatic N) is 1. The van der Waals surface area contributed by atoms with Crippen molar-refractivity contribution >= 4 is 53.6 Å². The number of nitriles is 1. The standard InChI is InChI=1S/C26H17Br3N2O3/c27-15-10-17(28)24(18(29)11-15)21-7-6-20(33-21)23-16(12-30)26(31)34-22-9-14(8-19(32)25(22)23)13-4-2-1-3-5-13/h1-7,10-11,14,23H,8-9,31H2/t14-,23+/m1/s1. The SMILES string of the molecule is N#CC1=C(N)OC2=C(C(=O)C[C@@H](c3ccccc3)C2)[C@@H]1c1ccc(-c2c(Br)cc(Br)cc2Br)o1. The van der Waals surface area contributed by atoms with E-state index in [0.29, 0.717) is 35.7 Å². The van der Waals surface area contributed by atoms with Crippen molar-refractivity contribution in [2.24, 2.45) is 5.73 Å². The molecule has 2 aliphatic rings. The Labute approximate surface area is 221 Å². The van der Waals surface area contributed by atoms with Gasteiger partial charge in [0.2, 0.25) is 5.88 Å². The largest absolute Gasteiger partial charge is 0.460 e. The van der Waals surface area contributed by atoms with Crippen LogP contribution < -0.4 is 5.73 Å². The van der Waals surface area contributed by atoms with Crippen LogP contribution in [0.4, 0.5) is 0 Å². The highest BCUT2D eigenvalue weighted by atomic mass is 79.9. The molecule has 0 spiro atoms. The maximum Gasteiger partial charge on any atom is 0.205 e. The molecule has 0 amide bonds. The monoisotopic (exact) mass is 642 g/mol. The van der Waals surface area contributed by atoms with E-state index in [1.54, 1.807) is 6.07 Å². The summed E-state index contributed by atoms with van der Waals surface area (Å²) in [5.41, 5.74) is 8.69. The summed E-state index contributed by atoms with van der Waals surface area (Å²) >= 11 is 10.6. The second-order valence-electron chi connectivity index (χ2n) is 8.15. The highest BCUT2D eigenvalue weighted by Gasteiger charge is 2.42. The molecular weight excluding hydrogens is 628 g/mol. The number of carbonyl (C=O) groups excluding carboxylic acids is 1. The summed E-state index contributed by atoms with van der Waals surface area (Å²) < 4.78 is 14.7. The van der Waals surface area contributed by atoms with Crippen molar-refractivity contribution in [3.63, 3.8) is 0 Å². The number of ketones is 1. The third-order valence-electron chi connectivity index (χ3n) is 6.10. The van der Waals surface area contributed by atoms with Gasteiger partial charge in [-0.3, -0.25) is 4.79 Å². The average molecular weight is 645 g/mol. The van der Waals surface area contributed by atoms with E-state index in [4.69, 9.17) is 14.9 Å². The molecule has 0 radical (unpaired) electrons. The van der Waals surface area contributed by atoms with Gasteiger partial charge < -0.3 is 14.9 Å². The Morgan fingerprint density at radius 1 is 1.00 bits per heavy atom. The minimum atomic E-state index is -0.709. The second-order valence-corrected chi connectivity index (χ2v) is 10.8. The van der Waals surface area contributed by atoms with Gasteiger partial charge in [0, 0.05) is 37.4 Å². The van der Waals surface area contributed by atoms with Crippen molar-refractivity contribution < 1.29 is 13.9 Å². The van der Waals surface area contributed by atoms with E-state index < -0.39 is 5.92 Å².